The van der Waals surface area contributed by atoms with Gasteiger partial charge in [0.2, 0.25) is 21.8 Å². The lowest BCUT2D eigenvalue weighted by Crippen LogP contribution is -2.54. The van der Waals surface area contributed by atoms with Gasteiger partial charge < -0.3 is 15.0 Å². The molecule has 1 saturated heterocycles. The number of amides is 4. The second-order valence-corrected chi connectivity index (χ2v) is 16.2. The highest BCUT2D eigenvalue weighted by molar-refractivity contribution is 7.91. The van der Waals surface area contributed by atoms with Gasteiger partial charge in [-0.3, -0.25) is 29.4 Å². The lowest BCUT2D eigenvalue weighted by Gasteiger charge is -2.27. The lowest BCUT2D eigenvalue weighted by molar-refractivity contribution is -0.140. The first-order valence-electron chi connectivity index (χ1n) is 17.6. The highest BCUT2D eigenvalue weighted by atomic mass is 32.2. The summed E-state index contributed by atoms with van der Waals surface area (Å²) in [7, 11) is -2.09. The molecule has 5 atom stereocenters. The Morgan fingerprint density at radius 2 is 1.80 bits per heavy atom. The molecule has 1 aromatic heterocycles. The number of carbonyl (C=O) groups is 4. The molecular formula is C36H47N5O7S. The largest absolute Gasteiger partial charge is 0.446 e. The normalized spacial score (nSPS) is 27.6. The molecule has 6 rings (SSSR count). The molecule has 3 N–H and O–H groups in total. The van der Waals surface area contributed by atoms with E-state index >= 15 is 0 Å². The van der Waals surface area contributed by atoms with Gasteiger partial charge >= 0.3 is 6.09 Å². The molecule has 2 heterocycles. The minimum atomic E-state index is -3.81. The molecule has 0 radical (unpaired) electrons. The van der Waals surface area contributed by atoms with Gasteiger partial charge in [0.25, 0.3) is 5.91 Å². The fourth-order valence-corrected chi connectivity index (χ4v) is 8.76. The Kier molecular flexibility index (Phi) is 10.0. The lowest BCUT2D eigenvalue weighted by atomic mass is 9.92. The maximum absolute atomic E-state index is 14.0. The number of nitrogens with zero attached hydrogens (tertiary/aromatic N) is 2. The van der Waals surface area contributed by atoms with Gasteiger partial charge in [-0.1, -0.05) is 44.4 Å². The topological polar surface area (TPSA) is 164 Å². The van der Waals surface area contributed by atoms with E-state index in [4.69, 9.17) is 9.72 Å². The minimum Gasteiger partial charge on any atom is -0.446 e. The van der Waals surface area contributed by atoms with E-state index in [1.54, 1.807) is 11.9 Å². The van der Waals surface area contributed by atoms with Crippen molar-refractivity contribution in [2.24, 2.45) is 17.8 Å². The number of anilines is 1. The van der Waals surface area contributed by atoms with Crippen LogP contribution in [0.1, 0.15) is 82.4 Å². The van der Waals surface area contributed by atoms with Crippen LogP contribution in [0.2, 0.25) is 0 Å². The molecule has 1 aromatic carbocycles. The van der Waals surface area contributed by atoms with Crippen molar-refractivity contribution in [1.29, 1.82) is 0 Å². The number of pyridine rings is 1. The first-order valence-corrected chi connectivity index (χ1v) is 19.1. The fourth-order valence-electron chi connectivity index (χ4n) is 7.40. The Hall–Kier alpha value is -4.00. The van der Waals surface area contributed by atoms with Gasteiger partial charge in [-0.15, -0.1) is 0 Å². The quantitative estimate of drug-likeness (QED) is 0.383. The molecule has 4 amide bonds. The third-order valence-corrected chi connectivity index (χ3v) is 12.3. The summed E-state index contributed by atoms with van der Waals surface area (Å²) in [6.07, 6.45) is 5.05. The van der Waals surface area contributed by atoms with Crippen LogP contribution in [-0.4, -0.2) is 72.6 Å². The van der Waals surface area contributed by atoms with E-state index in [9.17, 15) is 27.6 Å². The number of nitrogens with one attached hydrogen (secondary N) is 3. The fraction of sp³-hybridized carbons (Fsp3) is 0.583. The molecule has 13 heteroatoms. The zero-order chi connectivity index (χ0) is 34.9. The van der Waals surface area contributed by atoms with Crippen molar-refractivity contribution in [3.63, 3.8) is 0 Å². The van der Waals surface area contributed by atoms with Gasteiger partial charge in [0, 0.05) is 24.8 Å². The zero-order valence-corrected chi connectivity index (χ0v) is 29.3. The number of fused-ring (bicyclic) bond motifs is 2. The monoisotopic (exact) mass is 693 g/mol. The van der Waals surface area contributed by atoms with Gasteiger partial charge in [0.05, 0.1) is 28.5 Å². The van der Waals surface area contributed by atoms with E-state index in [0.717, 1.165) is 48.9 Å². The Balaban J connectivity index is 1.20. The molecule has 3 aliphatic carbocycles. The molecule has 0 bridgehead atoms. The van der Waals surface area contributed by atoms with E-state index in [1.807, 2.05) is 50.2 Å². The van der Waals surface area contributed by atoms with Crippen molar-refractivity contribution >= 4 is 39.5 Å². The summed E-state index contributed by atoms with van der Waals surface area (Å²) in [5, 5.41) is 5.20. The number of hydrogen-bond donors (Lipinski definition) is 3. The molecule has 4 fully saturated rings. The van der Waals surface area contributed by atoms with Crippen LogP contribution in [0.5, 0.6) is 0 Å². The Morgan fingerprint density at radius 3 is 2.55 bits per heavy atom. The summed E-state index contributed by atoms with van der Waals surface area (Å²) in [4.78, 5) is 61.0. The van der Waals surface area contributed by atoms with Crippen LogP contribution in [0.4, 0.5) is 10.5 Å². The highest BCUT2D eigenvalue weighted by Crippen LogP contribution is 2.49. The maximum Gasteiger partial charge on any atom is 0.411 e. The Labute approximate surface area is 288 Å². The summed E-state index contributed by atoms with van der Waals surface area (Å²) in [5.41, 5.74) is 2.49. The number of ether oxygens (including phenoxy) is 1. The van der Waals surface area contributed by atoms with Crippen LogP contribution >= 0.6 is 0 Å². The van der Waals surface area contributed by atoms with E-state index in [0.29, 0.717) is 43.6 Å². The number of benzene rings is 1. The Bertz CT molecular complexity index is 1730. The summed E-state index contributed by atoms with van der Waals surface area (Å²) < 4.78 is 33.5. The first kappa shape index (κ1) is 34.8. The van der Waals surface area contributed by atoms with Gasteiger partial charge in [-0.05, 0) is 88.0 Å². The van der Waals surface area contributed by atoms with Crippen LogP contribution < -0.4 is 15.4 Å². The molecular weight excluding hydrogens is 646 g/mol. The molecule has 0 unspecified atom stereocenters. The standard InChI is InChI=1S/C36H47N5O7S/c1-4-24-11-9-12-30(37-24)27-16-13-22(2)18-31(27)38-35(45)48-25-19-28-29(20-25)33(43)41(3)17-8-6-5-7-10-23-21-36(23,39-32(28)42)34(44)40-49(46,47)26-14-15-26/h9,11-13,16,18,23,25-26,28-29H,4-8,10,14-15,17,19-21H2,1-3H3,(H,38,45)(H,39,42)(H,40,44)/t23-,25-,28-,29-,36-/m1/s1. The van der Waals surface area contributed by atoms with Crippen LogP contribution in [0, 0.1) is 24.7 Å². The summed E-state index contributed by atoms with van der Waals surface area (Å²) >= 11 is 0. The van der Waals surface area contributed by atoms with Gasteiger partial charge in [0.1, 0.15) is 11.6 Å². The van der Waals surface area contributed by atoms with Gasteiger partial charge in [0.15, 0.2) is 0 Å². The summed E-state index contributed by atoms with van der Waals surface area (Å²) in [5.74, 6) is -3.25. The van der Waals surface area contributed by atoms with Crippen LogP contribution in [0.15, 0.2) is 36.4 Å². The second kappa shape index (κ2) is 14.1. The van der Waals surface area contributed by atoms with Gasteiger partial charge in [-0.25, -0.2) is 13.2 Å². The predicted octanol–water partition coefficient (Wildman–Crippen LogP) is 4.47. The maximum atomic E-state index is 14.0. The second-order valence-electron chi connectivity index (χ2n) is 14.3. The average Bonchev–Trinajstić information content (AvgIpc) is 3.99. The van der Waals surface area contributed by atoms with Crippen LogP contribution in [0.25, 0.3) is 11.3 Å². The van der Waals surface area contributed by atoms with Gasteiger partial charge in [-0.2, -0.15) is 0 Å². The zero-order valence-electron chi connectivity index (χ0n) is 28.5. The molecule has 49 heavy (non-hydrogen) atoms. The first-order chi connectivity index (χ1) is 23.4. The molecule has 3 saturated carbocycles. The number of aryl methyl sites for hydroxylation is 2. The highest BCUT2D eigenvalue weighted by Gasteiger charge is 2.62. The van der Waals surface area contributed by atoms with Crippen LogP contribution in [-0.2, 0) is 35.6 Å². The van der Waals surface area contributed by atoms with Crippen molar-refractivity contribution in [3.8, 4) is 11.3 Å². The number of rotatable bonds is 7. The van der Waals surface area contributed by atoms with E-state index in [1.165, 1.54) is 0 Å². The molecule has 12 nitrogen and oxygen atoms in total. The smallest absolute Gasteiger partial charge is 0.411 e. The minimum absolute atomic E-state index is 0.0903. The summed E-state index contributed by atoms with van der Waals surface area (Å²) in [6.45, 7) is 4.49. The third-order valence-electron chi connectivity index (χ3n) is 10.5. The molecule has 1 aliphatic heterocycles. The molecule has 4 aliphatic rings. The SMILES string of the molecule is CCc1cccc(-c2ccc(C)cc2NC(=O)O[C@@H]2C[C@H]3C(=O)N[C@]4(C(=O)NS(=O)(=O)C5CC5)C[C@H]4CCCCCCN(C)C(=O)[C@@H]3C2)n1. The molecule has 264 valence electrons. The van der Waals surface area contributed by atoms with Crippen molar-refractivity contribution in [2.45, 2.75) is 101 Å². The number of carbonyl (C=O) groups excluding carboxylic acids is 4. The molecule has 0 spiro atoms. The van der Waals surface area contributed by atoms with E-state index < -0.39 is 56.7 Å². The average molecular weight is 694 g/mol. The van der Waals surface area contributed by atoms with Crippen molar-refractivity contribution in [3.05, 3.63) is 47.7 Å². The molecule has 2 aromatic rings. The predicted molar refractivity (Wildman–Crippen MR) is 184 cm³/mol. The van der Waals surface area contributed by atoms with Crippen molar-refractivity contribution in [1.82, 2.24) is 19.9 Å². The van der Waals surface area contributed by atoms with E-state index in [-0.39, 0.29) is 24.7 Å². The number of hydrogen-bond acceptors (Lipinski definition) is 8. The number of aromatic nitrogens is 1. The number of sulfonamides is 1. The third kappa shape index (κ3) is 7.76. The summed E-state index contributed by atoms with van der Waals surface area (Å²) in [6, 6.07) is 11.4. The van der Waals surface area contributed by atoms with E-state index in [2.05, 4.69) is 15.4 Å². The van der Waals surface area contributed by atoms with Crippen LogP contribution in [0.3, 0.4) is 0 Å². The van der Waals surface area contributed by atoms with Crippen molar-refractivity contribution < 1.29 is 32.3 Å². The Morgan fingerprint density at radius 1 is 1.04 bits per heavy atom. The van der Waals surface area contributed by atoms with Crippen molar-refractivity contribution in [2.75, 3.05) is 18.9 Å².